The van der Waals surface area contributed by atoms with Crippen LogP contribution in [0.1, 0.15) is 58.5 Å². The SMILES string of the molecule is CC(=O)OC1CC(n2cc(C)c(=O)n(CCBr)c2=O)OC1Cc1ccc(C(O)(c2ccc(C)cc2)c2ccc(C)cc2)cc1. The molecule has 0 spiro atoms. The van der Waals surface area contributed by atoms with E-state index in [1.807, 2.05) is 86.6 Å². The summed E-state index contributed by atoms with van der Waals surface area (Å²) in [5.41, 5.74) is 3.61. The number of nitrogens with zero attached hydrogens (tertiary/aromatic N) is 2. The van der Waals surface area contributed by atoms with Gasteiger partial charge < -0.3 is 14.6 Å². The number of ether oxygens (including phenoxy) is 2. The number of benzene rings is 3. The molecule has 0 amide bonds. The first-order chi connectivity index (χ1) is 21.0. The molecule has 0 saturated carbocycles. The molecule has 1 saturated heterocycles. The van der Waals surface area contributed by atoms with Crippen molar-refractivity contribution in [1.82, 2.24) is 9.13 Å². The van der Waals surface area contributed by atoms with Gasteiger partial charge in [-0.2, -0.15) is 0 Å². The number of hydrogen-bond acceptors (Lipinski definition) is 6. The molecule has 230 valence electrons. The van der Waals surface area contributed by atoms with Crippen LogP contribution in [0.5, 0.6) is 0 Å². The van der Waals surface area contributed by atoms with Gasteiger partial charge in [-0.15, -0.1) is 0 Å². The number of carbonyl (C=O) groups is 1. The Balaban J connectivity index is 1.44. The summed E-state index contributed by atoms with van der Waals surface area (Å²) in [7, 11) is 0. The minimum absolute atomic E-state index is 0.229. The Labute approximate surface area is 265 Å². The van der Waals surface area contributed by atoms with Crippen LogP contribution in [0.4, 0.5) is 0 Å². The van der Waals surface area contributed by atoms with E-state index in [9.17, 15) is 19.5 Å². The zero-order valence-electron chi connectivity index (χ0n) is 25.3. The average molecular weight is 662 g/mol. The second-order valence-electron chi connectivity index (χ2n) is 11.5. The van der Waals surface area contributed by atoms with Crippen molar-refractivity contribution in [2.24, 2.45) is 0 Å². The number of carbonyl (C=O) groups excluding carboxylic acids is 1. The smallest absolute Gasteiger partial charge is 0.333 e. The summed E-state index contributed by atoms with van der Waals surface area (Å²) >= 11 is 3.31. The summed E-state index contributed by atoms with van der Waals surface area (Å²) in [4.78, 5) is 37.8. The Morgan fingerprint density at radius 2 is 1.45 bits per heavy atom. The molecule has 8 nitrogen and oxygen atoms in total. The molecule has 0 aliphatic carbocycles. The summed E-state index contributed by atoms with van der Waals surface area (Å²) in [6.07, 6.45) is 0.389. The van der Waals surface area contributed by atoms with Gasteiger partial charge in [0.1, 0.15) is 24.0 Å². The van der Waals surface area contributed by atoms with Crippen LogP contribution in [0.2, 0.25) is 0 Å². The van der Waals surface area contributed by atoms with Crippen LogP contribution in [-0.4, -0.2) is 37.7 Å². The normalized spacial score (nSPS) is 18.4. The molecule has 1 fully saturated rings. The molecule has 4 aromatic rings. The largest absolute Gasteiger partial charge is 0.460 e. The summed E-state index contributed by atoms with van der Waals surface area (Å²) in [6, 6.07) is 23.5. The molecule has 3 unspecified atom stereocenters. The third-order valence-electron chi connectivity index (χ3n) is 8.23. The first-order valence-corrected chi connectivity index (χ1v) is 15.8. The van der Waals surface area contributed by atoms with Crippen molar-refractivity contribution in [2.75, 3.05) is 5.33 Å². The number of aliphatic hydroxyl groups is 1. The molecule has 1 aliphatic rings. The molecule has 0 radical (unpaired) electrons. The average Bonchev–Trinajstić information content (AvgIpc) is 3.38. The van der Waals surface area contributed by atoms with Gasteiger partial charge in [0.15, 0.2) is 0 Å². The molecule has 44 heavy (non-hydrogen) atoms. The zero-order valence-corrected chi connectivity index (χ0v) is 26.9. The van der Waals surface area contributed by atoms with Crippen molar-refractivity contribution >= 4 is 21.9 Å². The monoisotopic (exact) mass is 660 g/mol. The lowest BCUT2D eigenvalue weighted by molar-refractivity contribution is -0.149. The summed E-state index contributed by atoms with van der Waals surface area (Å²) in [5, 5.41) is 12.7. The lowest BCUT2D eigenvalue weighted by Gasteiger charge is -2.30. The highest BCUT2D eigenvalue weighted by Gasteiger charge is 2.40. The van der Waals surface area contributed by atoms with Crippen molar-refractivity contribution in [3.05, 3.63) is 139 Å². The van der Waals surface area contributed by atoms with E-state index in [0.29, 0.717) is 22.9 Å². The molecule has 3 atom stereocenters. The van der Waals surface area contributed by atoms with E-state index in [4.69, 9.17) is 9.47 Å². The molecular weight excluding hydrogens is 624 g/mol. The standard InChI is InChI=1S/C35H37BrN2O6/c1-22-5-11-27(12-6-22)35(42,28-13-7-23(2)8-14-28)29-15-9-26(10-16-29)19-30-31(43-25(4)39)20-32(44-30)38-21-24(3)33(40)37(18-17-36)34(38)41/h5-16,21,30-32,42H,17-20H2,1-4H3. The fourth-order valence-corrected chi connectivity index (χ4v) is 6.20. The molecule has 1 N–H and O–H groups in total. The molecule has 1 aliphatic heterocycles. The summed E-state index contributed by atoms with van der Waals surface area (Å²) in [6.45, 7) is 7.27. The van der Waals surface area contributed by atoms with E-state index in [1.54, 1.807) is 6.92 Å². The molecule has 3 aromatic carbocycles. The maximum atomic E-state index is 13.2. The van der Waals surface area contributed by atoms with E-state index in [-0.39, 0.29) is 18.5 Å². The molecular formula is C35H37BrN2O6. The molecule has 0 bridgehead atoms. The number of aromatic nitrogens is 2. The van der Waals surface area contributed by atoms with Crippen molar-refractivity contribution in [2.45, 2.75) is 71.1 Å². The molecule has 1 aromatic heterocycles. The third kappa shape index (κ3) is 6.36. The van der Waals surface area contributed by atoms with Crippen LogP contribution >= 0.6 is 15.9 Å². The van der Waals surface area contributed by atoms with E-state index in [2.05, 4.69) is 15.9 Å². The van der Waals surface area contributed by atoms with Gasteiger partial charge in [0, 0.05) is 43.4 Å². The zero-order chi connectivity index (χ0) is 31.6. The van der Waals surface area contributed by atoms with Gasteiger partial charge in [-0.3, -0.25) is 18.7 Å². The number of halogens is 1. The molecule has 9 heteroatoms. The third-order valence-corrected chi connectivity index (χ3v) is 8.59. The minimum atomic E-state index is -1.37. The van der Waals surface area contributed by atoms with E-state index in [0.717, 1.165) is 27.8 Å². The minimum Gasteiger partial charge on any atom is -0.460 e. The fourth-order valence-electron chi connectivity index (χ4n) is 5.84. The van der Waals surface area contributed by atoms with Crippen molar-refractivity contribution in [1.29, 1.82) is 0 Å². The number of alkyl halides is 1. The number of aryl methyl sites for hydroxylation is 3. The predicted molar refractivity (Wildman–Crippen MR) is 172 cm³/mol. The lowest BCUT2D eigenvalue weighted by atomic mass is 9.79. The van der Waals surface area contributed by atoms with Crippen LogP contribution in [0.15, 0.2) is 88.6 Å². The highest BCUT2D eigenvalue weighted by atomic mass is 79.9. The highest BCUT2D eigenvalue weighted by Crippen LogP contribution is 2.38. The van der Waals surface area contributed by atoms with Crippen molar-refractivity contribution < 1.29 is 19.4 Å². The van der Waals surface area contributed by atoms with E-state index >= 15 is 0 Å². The van der Waals surface area contributed by atoms with Crippen LogP contribution < -0.4 is 11.2 Å². The van der Waals surface area contributed by atoms with Crippen molar-refractivity contribution in [3.8, 4) is 0 Å². The predicted octanol–water partition coefficient (Wildman–Crippen LogP) is 5.08. The van der Waals surface area contributed by atoms with Gasteiger partial charge >= 0.3 is 11.7 Å². The van der Waals surface area contributed by atoms with Gasteiger partial charge in [0.2, 0.25) is 0 Å². The number of rotatable bonds is 9. The Morgan fingerprint density at radius 3 is 1.95 bits per heavy atom. The summed E-state index contributed by atoms with van der Waals surface area (Å²) < 4.78 is 14.6. The van der Waals surface area contributed by atoms with Crippen LogP contribution in [0.3, 0.4) is 0 Å². The summed E-state index contributed by atoms with van der Waals surface area (Å²) in [5.74, 6) is -0.436. The number of hydrogen-bond donors (Lipinski definition) is 1. The fraction of sp³-hybridized carbons (Fsp3) is 0.343. The maximum Gasteiger partial charge on any atom is 0.333 e. The Kier molecular flexibility index (Phi) is 9.39. The van der Waals surface area contributed by atoms with Gasteiger partial charge in [0.05, 0.1) is 0 Å². The van der Waals surface area contributed by atoms with Gasteiger partial charge in [-0.1, -0.05) is 99.9 Å². The van der Waals surface area contributed by atoms with Gasteiger partial charge in [-0.25, -0.2) is 4.79 Å². The lowest BCUT2D eigenvalue weighted by Crippen LogP contribution is -2.42. The van der Waals surface area contributed by atoms with E-state index < -0.39 is 35.7 Å². The van der Waals surface area contributed by atoms with Crippen LogP contribution in [0, 0.1) is 20.8 Å². The Hall–Kier alpha value is -3.79. The van der Waals surface area contributed by atoms with E-state index in [1.165, 1.54) is 22.3 Å². The highest BCUT2D eigenvalue weighted by molar-refractivity contribution is 9.09. The topological polar surface area (TPSA) is 99.8 Å². The van der Waals surface area contributed by atoms with Crippen LogP contribution in [0.25, 0.3) is 0 Å². The first-order valence-electron chi connectivity index (χ1n) is 14.7. The second kappa shape index (κ2) is 13.1. The molecule has 5 rings (SSSR count). The first kappa shape index (κ1) is 31.6. The number of esters is 1. The second-order valence-corrected chi connectivity index (χ2v) is 12.3. The molecule has 2 heterocycles. The van der Waals surface area contributed by atoms with Crippen molar-refractivity contribution in [3.63, 3.8) is 0 Å². The van der Waals surface area contributed by atoms with Gasteiger partial charge in [-0.05, 0) is 43.0 Å². The van der Waals surface area contributed by atoms with Crippen LogP contribution in [-0.2, 0) is 32.8 Å². The Bertz CT molecular complexity index is 1700. The quantitative estimate of drug-likeness (QED) is 0.153. The van der Waals surface area contributed by atoms with Gasteiger partial charge in [0.25, 0.3) is 5.56 Å². The Morgan fingerprint density at radius 1 is 0.932 bits per heavy atom. The maximum absolute atomic E-state index is 13.2.